The van der Waals surface area contributed by atoms with E-state index in [1.807, 2.05) is 11.8 Å². The largest absolute Gasteiger partial charge is 0.134 e. The first-order valence-electron chi connectivity index (χ1n) is 4.18. The van der Waals surface area contributed by atoms with Gasteiger partial charge >= 0.3 is 0 Å². The molecule has 0 saturated carbocycles. The summed E-state index contributed by atoms with van der Waals surface area (Å²) in [5.74, 6) is 1.27. The van der Waals surface area contributed by atoms with Crippen LogP contribution in [-0.2, 0) is 0 Å². The van der Waals surface area contributed by atoms with E-state index in [4.69, 9.17) is 0 Å². The van der Waals surface area contributed by atoms with Gasteiger partial charge in [-0.25, -0.2) is 0 Å². The van der Waals surface area contributed by atoms with Gasteiger partial charge in [0.25, 0.3) is 0 Å². The molecule has 0 unspecified atom stereocenters. The van der Waals surface area contributed by atoms with Crippen molar-refractivity contribution in [2.24, 2.45) is 0 Å². The minimum Gasteiger partial charge on any atom is -0.134 e. The molecule has 0 rings (SSSR count). The highest BCUT2D eigenvalue weighted by atomic mass is 32.2. The summed E-state index contributed by atoms with van der Waals surface area (Å²) in [7, 11) is 0. The Morgan fingerprint density at radius 1 is 1.20 bits per heavy atom. The van der Waals surface area contributed by atoms with E-state index in [0.29, 0.717) is 0 Å². The van der Waals surface area contributed by atoms with Crippen LogP contribution in [0.4, 0.5) is 0 Å². The summed E-state index contributed by atoms with van der Waals surface area (Å²) in [5.41, 5.74) is 0. The second kappa shape index (κ2) is 9.09. The van der Waals surface area contributed by atoms with Gasteiger partial charge in [-0.05, 0) is 24.0 Å². The van der Waals surface area contributed by atoms with Gasteiger partial charge < -0.3 is 0 Å². The maximum absolute atomic E-state index is 2.28. The molecule has 0 aromatic heterocycles. The first-order chi connectivity index (χ1) is 4.91. The van der Waals surface area contributed by atoms with Crippen LogP contribution in [0.3, 0.4) is 0 Å². The Hall–Kier alpha value is 0.0900. The first kappa shape index (κ1) is 10.1. The minimum absolute atomic E-state index is 1.26. The van der Waals surface area contributed by atoms with E-state index < -0.39 is 0 Å². The summed E-state index contributed by atoms with van der Waals surface area (Å²) in [6.45, 7) is 4.44. The van der Waals surface area contributed by atoms with Crippen LogP contribution in [0.25, 0.3) is 0 Å². The fourth-order valence-corrected chi connectivity index (χ4v) is 1.29. The van der Waals surface area contributed by atoms with Crippen molar-refractivity contribution in [1.29, 1.82) is 0 Å². The topological polar surface area (TPSA) is 0 Å². The van der Waals surface area contributed by atoms with Crippen LogP contribution in [0.15, 0.2) is 11.5 Å². The Morgan fingerprint density at radius 3 is 2.60 bits per heavy atom. The van der Waals surface area contributed by atoms with Crippen molar-refractivity contribution >= 4 is 11.8 Å². The second-order valence-electron chi connectivity index (χ2n) is 2.38. The quantitative estimate of drug-likeness (QED) is 0.529. The van der Waals surface area contributed by atoms with E-state index in [1.165, 1.54) is 31.4 Å². The van der Waals surface area contributed by atoms with Crippen LogP contribution in [0.5, 0.6) is 0 Å². The van der Waals surface area contributed by atoms with Gasteiger partial charge in [-0.2, -0.15) is 0 Å². The summed E-state index contributed by atoms with van der Waals surface area (Å²) < 4.78 is 0. The average molecular weight is 158 g/mol. The minimum atomic E-state index is 1.26. The SMILES string of the molecule is CCCCC=CSCCC. The molecule has 60 valence electrons. The zero-order valence-corrected chi connectivity index (χ0v) is 7.91. The first-order valence-corrected chi connectivity index (χ1v) is 5.23. The van der Waals surface area contributed by atoms with E-state index in [0.717, 1.165) is 0 Å². The Bertz CT molecular complexity index is 66.8. The van der Waals surface area contributed by atoms with Gasteiger partial charge in [0.1, 0.15) is 0 Å². The normalized spacial score (nSPS) is 11.0. The van der Waals surface area contributed by atoms with Crippen LogP contribution < -0.4 is 0 Å². The Morgan fingerprint density at radius 2 is 2.00 bits per heavy atom. The molecule has 0 bridgehead atoms. The number of hydrogen-bond donors (Lipinski definition) is 0. The van der Waals surface area contributed by atoms with Gasteiger partial charge in [0.2, 0.25) is 0 Å². The molecule has 0 saturated heterocycles. The highest BCUT2D eigenvalue weighted by molar-refractivity contribution is 8.02. The van der Waals surface area contributed by atoms with Gasteiger partial charge in [-0.15, -0.1) is 11.8 Å². The van der Waals surface area contributed by atoms with Crippen LogP contribution in [0, 0.1) is 0 Å². The molecule has 0 aromatic rings. The standard InChI is InChI=1S/C9H18S/c1-3-5-6-7-9-10-8-4-2/h7,9H,3-6,8H2,1-2H3. The Balaban J connectivity index is 2.89. The lowest BCUT2D eigenvalue weighted by Gasteiger charge is -1.89. The number of rotatable bonds is 6. The zero-order chi connectivity index (χ0) is 7.66. The molecule has 0 aliphatic carbocycles. The number of unbranched alkanes of at least 4 members (excludes halogenated alkanes) is 2. The highest BCUT2D eigenvalue weighted by Gasteiger charge is 1.78. The fraction of sp³-hybridized carbons (Fsp3) is 0.778. The van der Waals surface area contributed by atoms with Gasteiger partial charge in [0.05, 0.1) is 0 Å². The molecular formula is C9H18S. The van der Waals surface area contributed by atoms with Gasteiger partial charge in [0.15, 0.2) is 0 Å². The third-order valence-corrected chi connectivity index (χ3v) is 2.27. The van der Waals surface area contributed by atoms with E-state index in [2.05, 4.69) is 25.3 Å². The molecule has 0 aromatic carbocycles. The van der Waals surface area contributed by atoms with Crippen molar-refractivity contribution in [3.63, 3.8) is 0 Å². The lowest BCUT2D eigenvalue weighted by atomic mass is 10.2. The molecule has 0 heterocycles. The van der Waals surface area contributed by atoms with Gasteiger partial charge in [-0.1, -0.05) is 32.8 Å². The van der Waals surface area contributed by atoms with Crippen LogP contribution in [0.1, 0.15) is 39.5 Å². The smallest absolute Gasteiger partial charge is 0.00287 e. The van der Waals surface area contributed by atoms with Crippen molar-refractivity contribution in [3.8, 4) is 0 Å². The molecule has 0 nitrogen and oxygen atoms in total. The summed E-state index contributed by atoms with van der Waals surface area (Å²) in [5, 5.41) is 2.24. The van der Waals surface area contributed by atoms with E-state index in [1.54, 1.807) is 0 Å². The van der Waals surface area contributed by atoms with Crippen LogP contribution >= 0.6 is 11.8 Å². The molecule has 1 heteroatoms. The molecule has 0 atom stereocenters. The molecule has 0 fully saturated rings. The van der Waals surface area contributed by atoms with Crippen LogP contribution in [-0.4, -0.2) is 5.75 Å². The molecule has 0 N–H and O–H groups in total. The lowest BCUT2D eigenvalue weighted by molar-refractivity contribution is 0.815. The molecule has 0 amide bonds. The van der Waals surface area contributed by atoms with Crippen molar-refractivity contribution in [1.82, 2.24) is 0 Å². The molecule has 0 radical (unpaired) electrons. The Kier molecular flexibility index (Phi) is 9.17. The van der Waals surface area contributed by atoms with Crippen LogP contribution in [0.2, 0.25) is 0 Å². The molecule has 10 heavy (non-hydrogen) atoms. The van der Waals surface area contributed by atoms with Crippen molar-refractivity contribution < 1.29 is 0 Å². The van der Waals surface area contributed by atoms with E-state index >= 15 is 0 Å². The zero-order valence-electron chi connectivity index (χ0n) is 7.10. The van der Waals surface area contributed by atoms with Gasteiger partial charge in [0, 0.05) is 0 Å². The summed E-state index contributed by atoms with van der Waals surface area (Å²) >= 11 is 1.92. The molecule has 0 spiro atoms. The Labute approximate surface area is 69.1 Å². The highest BCUT2D eigenvalue weighted by Crippen LogP contribution is 2.05. The molecule has 0 aliphatic heterocycles. The maximum atomic E-state index is 2.28. The van der Waals surface area contributed by atoms with Crippen molar-refractivity contribution in [2.45, 2.75) is 39.5 Å². The third kappa shape index (κ3) is 8.09. The average Bonchev–Trinajstić information content (AvgIpc) is 1.97. The second-order valence-corrected chi connectivity index (χ2v) is 3.40. The van der Waals surface area contributed by atoms with E-state index in [9.17, 15) is 0 Å². The summed E-state index contributed by atoms with van der Waals surface area (Å²) in [6, 6.07) is 0. The number of thioether (sulfide) groups is 1. The molecular weight excluding hydrogens is 140 g/mol. The van der Waals surface area contributed by atoms with Crippen molar-refractivity contribution in [3.05, 3.63) is 11.5 Å². The summed E-state index contributed by atoms with van der Waals surface area (Å²) in [4.78, 5) is 0. The lowest BCUT2D eigenvalue weighted by Crippen LogP contribution is -1.68. The predicted molar refractivity (Wildman–Crippen MR) is 51.4 cm³/mol. The maximum Gasteiger partial charge on any atom is -0.00287 e. The third-order valence-electron chi connectivity index (χ3n) is 1.24. The van der Waals surface area contributed by atoms with E-state index in [-0.39, 0.29) is 0 Å². The van der Waals surface area contributed by atoms with Gasteiger partial charge in [-0.3, -0.25) is 0 Å². The monoisotopic (exact) mass is 158 g/mol. The predicted octanol–water partition coefficient (Wildman–Crippen LogP) is 3.83. The number of allylic oxidation sites excluding steroid dienone is 1. The summed E-state index contributed by atoms with van der Waals surface area (Å²) in [6.07, 6.45) is 7.46. The fourth-order valence-electron chi connectivity index (χ4n) is 0.644. The molecule has 0 aliphatic rings. The number of hydrogen-bond acceptors (Lipinski definition) is 1. The van der Waals surface area contributed by atoms with Crippen molar-refractivity contribution in [2.75, 3.05) is 5.75 Å².